The summed E-state index contributed by atoms with van der Waals surface area (Å²) in [5.74, 6) is 0.895. The zero-order valence-corrected chi connectivity index (χ0v) is 13.3. The zero-order chi connectivity index (χ0) is 14.9. The summed E-state index contributed by atoms with van der Waals surface area (Å²) >= 11 is 0. The van der Waals surface area contributed by atoms with E-state index in [4.69, 9.17) is 15.2 Å². The number of aryl methyl sites for hydroxylation is 2. The minimum atomic E-state index is 0.174. The molecule has 2 N–H and O–H groups in total. The Kier molecular flexibility index (Phi) is 4.12. The van der Waals surface area contributed by atoms with E-state index >= 15 is 0 Å². The van der Waals surface area contributed by atoms with Crippen LogP contribution in [0, 0.1) is 13.8 Å². The summed E-state index contributed by atoms with van der Waals surface area (Å²) < 4.78 is 12.3. The lowest BCUT2D eigenvalue weighted by molar-refractivity contribution is -0.0749. The summed E-state index contributed by atoms with van der Waals surface area (Å²) in [6, 6.07) is 4.03. The normalized spacial score (nSPS) is 24.4. The second kappa shape index (κ2) is 5.88. The quantitative estimate of drug-likeness (QED) is 0.850. The third-order valence-electron chi connectivity index (χ3n) is 5.09. The summed E-state index contributed by atoms with van der Waals surface area (Å²) in [5, 5.41) is 0. The van der Waals surface area contributed by atoms with Gasteiger partial charge >= 0.3 is 0 Å². The number of rotatable bonds is 3. The van der Waals surface area contributed by atoms with E-state index in [0.29, 0.717) is 6.61 Å². The maximum absolute atomic E-state index is 6.35. The molecule has 1 atom stereocenters. The zero-order valence-electron chi connectivity index (χ0n) is 13.3. The molecule has 1 aliphatic heterocycles. The standard InChI is InChI=1S/C18H27NO2/c1-13-10-14(2)17(11-16(13)19)20-12-15-6-9-18(21-15)7-4-3-5-8-18/h10-11,15H,3-9,12,19H2,1-2H3. The van der Waals surface area contributed by atoms with Crippen LogP contribution in [0.4, 0.5) is 5.69 Å². The van der Waals surface area contributed by atoms with Gasteiger partial charge in [0.15, 0.2) is 0 Å². The lowest BCUT2D eigenvalue weighted by Crippen LogP contribution is -2.32. The maximum atomic E-state index is 6.35. The lowest BCUT2D eigenvalue weighted by Gasteiger charge is -2.33. The van der Waals surface area contributed by atoms with Gasteiger partial charge in [-0.1, -0.05) is 25.3 Å². The molecule has 116 valence electrons. The van der Waals surface area contributed by atoms with Crippen LogP contribution in [0.5, 0.6) is 5.75 Å². The van der Waals surface area contributed by atoms with Crippen molar-refractivity contribution in [1.82, 2.24) is 0 Å². The predicted molar refractivity (Wildman–Crippen MR) is 85.7 cm³/mol. The molecule has 0 amide bonds. The van der Waals surface area contributed by atoms with Crippen molar-refractivity contribution >= 4 is 5.69 Å². The SMILES string of the molecule is Cc1cc(C)c(OCC2CCC3(CCCCC3)O2)cc1N. The molecule has 21 heavy (non-hydrogen) atoms. The first-order valence-corrected chi connectivity index (χ1v) is 8.25. The second-order valence-electron chi connectivity index (χ2n) is 6.81. The summed E-state index contributed by atoms with van der Waals surface area (Å²) in [6.07, 6.45) is 9.05. The van der Waals surface area contributed by atoms with Gasteiger partial charge < -0.3 is 15.2 Å². The van der Waals surface area contributed by atoms with Gasteiger partial charge in [0.25, 0.3) is 0 Å². The first-order valence-electron chi connectivity index (χ1n) is 8.25. The highest BCUT2D eigenvalue weighted by molar-refractivity contribution is 5.54. The summed E-state index contributed by atoms with van der Waals surface area (Å²) in [7, 11) is 0. The van der Waals surface area contributed by atoms with Gasteiger partial charge in [-0.3, -0.25) is 0 Å². The van der Waals surface area contributed by atoms with Crippen molar-refractivity contribution in [1.29, 1.82) is 0 Å². The van der Waals surface area contributed by atoms with Crippen LogP contribution in [0.3, 0.4) is 0 Å². The molecule has 1 aliphatic carbocycles. The van der Waals surface area contributed by atoms with Crippen LogP contribution in [0.15, 0.2) is 12.1 Å². The van der Waals surface area contributed by atoms with Crippen molar-refractivity contribution < 1.29 is 9.47 Å². The number of nitrogen functional groups attached to an aromatic ring is 1. The predicted octanol–water partition coefficient (Wildman–Crippen LogP) is 4.15. The molecule has 2 aliphatic rings. The van der Waals surface area contributed by atoms with E-state index in [2.05, 4.69) is 13.0 Å². The molecule has 1 unspecified atom stereocenters. The number of hydrogen-bond donors (Lipinski definition) is 1. The van der Waals surface area contributed by atoms with Gasteiger partial charge in [0, 0.05) is 11.8 Å². The minimum absolute atomic E-state index is 0.174. The lowest BCUT2D eigenvalue weighted by atomic mass is 9.83. The van der Waals surface area contributed by atoms with Gasteiger partial charge in [0.2, 0.25) is 0 Å². The Hall–Kier alpha value is -1.22. The van der Waals surface area contributed by atoms with Crippen LogP contribution in [-0.4, -0.2) is 18.3 Å². The Labute approximate surface area is 127 Å². The number of nitrogens with two attached hydrogens (primary N) is 1. The highest BCUT2D eigenvalue weighted by Gasteiger charge is 2.40. The summed E-state index contributed by atoms with van der Waals surface area (Å²) in [5.41, 5.74) is 9.20. The molecule has 2 fully saturated rings. The van der Waals surface area contributed by atoms with Crippen molar-refractivity contribution in [2.45, 2.75) is 70.5 Å². The number of hydrogen-bond acceptors (Lipinski definition) is 3. The number of anilines is 1. The molecule has 0 bridgehead atoms. The van der Waals surface area contributed by atoms with Crippen molar-refractivity contribution in [2.75, 3.05) is 12.3 Å². The fourth-order valence-electron chi connectivity index (χ4n) is 3.76. The van der Waals surface area contributed by atoms with Crippen molar-refractivity contribution in [2.24, 2.45) is 0 Å². The van der Waals surface area contributed by atoms with Gasteiger partial charge in [0.1, 0.15) is 12.4 Å². The van der Waals surface area contributed by atoms with E-state index in [1.165, 1.54) is 38.5 Å². The van der Waals surface area contributed by atoms with E-state index in [9.17, 15) is 0 Å². The minimum Gasteiger partial charge on any atom is -0.491 e. The molecule has 1 aromatic carbocycles. The van der Waals surface area contributed by atoms with Crippen LogP contribution in [-0.2, 0) is 4.74 Å². The van der Waals surface area contributed by atoms with Crippen LogP contribution < -0.4 is 10.5 Å². The highest BCUT2D eigenvalue weighted by Crippen LogP contribution is 2.42. The Morgan fingerprint density at radius 3 is 2.67 bits per heavy atom. The third-order valence-corrected chi connectivity index (χ3v) is 5.09. The monoisotopic (exact) mass is 289 g/mol. The topological polar surface area (TPSA) is 44.5 Å². The molecular formula is C18H27NO2. The van der Waals surface area contributed by atoms with E-state index in [-0.39, 0.29) is 11.7 Å². The number of benzene rings is 1. The van der Waals surface area contributed by atoms with Crippen LogP contribution >= 0.6 is 0 Å². The van der Waals surface area contributed by atoms with Gasteiger partial charge in [-0.15, -0.1) is 0 Å². The molecule has 3 rings (SSSR count). The first-order chi connectivity index (χ1) is 10.1. The Bertz CT molecular complexity index is 506. The largest absolute Gasteiger partial charge is 0.491 e. The first kappa shape index (κ1) is 14.7. The Morgan fingerprint density at radius 2 is 1.90 bits per heavy atom. The van der Waals surface area contributed by atoms with Gasteiger partial charge in [-0.05, 0) is 50.7 Å². The van der Waals surface area contributed by atoms with E-state index < -0.39 is 0 Å². The third kappa shape index (κ3) is 3.18. The van der Waals surface area contributed by atoms with Crippen molar-refractivity contribution in [3.8, 4) is 5.75 Å². The molecule has 1 heterocycles. The van der Waals surface area contributed by atoms with Crippen molar-refractivity contribution in [3.05, 3.63) is 23.3 Å². The smallest absolute Gasteiger partial charge is 0.124 e. The fourth-order valence-corrected chi connectivity index (χ4v) is 3.76. The fraction of sp³-hybridized carbons (Fsp3) is 0.667. The molecular weight excluding hydrogens is 262 g/mol. The van der Waals surface area contributed by atoms with Crippen molar-refractivity contribution in [3.63, 3.8) is 0 Å². The van der Waals surface area contributed by atoms with Gasteiger partial charge in [-0.25, -0.2) is 0 Å². The molecule has 3 heteroatoms. The van der Waals surface area contributed by atoms with E-state index in [1.807, 2.05) is 13.0 Å². The highest BCUT2D eigenvalue weighted by atomic mass is 16.6. The average Bonchev–Trinajstić information content (AvgIpc) is 2.85. The molecule has 0 radical (unpaired) electrons. The Morgan fingerprint density at radius 1 is 1.14 bits per heavy atom. The van der Waals surface area contributed by atoms with E-state index in [1.54, 1.807) is 0 Å². The molecule has 1 spiro atoms. The van der Waals surface area contributed by atoms with Gasteiger partial charge in [-0.2, -0.15) is 0 Å². The van der Waals surface area contributed by atoms with Crippen LogP contribution in [0.25, 0.3) is 0 Å². The molecule has 1 aromatic rings. The second-order valence-corrected chi connectivity index (χ2v) is 6.81. The summed E-state index contributed by atoms with van der Waals surface area (Å²) in [4.78, 5) is 0. The molecule has 1 saturated heterocycles. The number of ether oxygens (including phenoxy) is 2. The maximum Gasteiger partial charge on any atom is 0.124 e. The van der Waals surface area contributed by atoms with Crippen LogP contribution in [0.2, 0.25) is 0 Å². The molecule has 1 saturated carbocycles. The van der Waals surface area contributed by atoms with Gasteiger partial charge in [0.05, 0.1) is 11.7 Å². The molecule has 0 aromatic heterocycles. The van der Waals surface area contributed by atoms with Crippen LogP contribution in [0.1, 0.15) is 56.1 Å². The van der Waals surface area contributed by atoms with E-state index in [0.717, 1.165) is 29.0 Å². The Balaban J connectivity index is 1.58. The molecule has 3 nitrogen and oxygen atoms in total. The summed E-state index contributed by atoms with van der Waals surface area (Å²) in [6.45, 7) is 4.74. The average molecular weight is 289 g/mol.